The van der Waals surface area contributed by atoms with Crippen molar-refractivity contribution in [3.8, 4) is 0 Å². The Balaban J connectivity index is 2.04. The smallest absolute Gasteiger partial charge is 0.00684 e. The zero-order valence-electron chi connectivity index (χ0n) is 10.7. The average molecular weight is 217 g/mol. The number of rotatable bonds is 5. The van der Waals surface area contributed by atoms with E-state index in [1.807, 2.05) is 0 Å². The van der Waals surface area contributed by atoms with E-state index in [9.17, 15) is 0 Å². The van der Waals surface area contributed by atoms with E-state index in [1.54, 1.807) is 0 Å². The lowest BCUT2D eigenvalue weighted by Gasteiger charge is -2.22. The van der Waals surface area contributed by atoms with Crippen LogP contribution >= 0.6 is 0 Å². The predicted octanol–water partition coefficient (Wildman–Crippen LogP) is 3.49. The molecule has 0 spiro atoms. The summed E-state index contributed by atoms with van der Waals surface area (Å²) in [5.74, 6) is 1.36. The number of aryl methyl sites for hydroxylation is 1. The molecule has 1 nitrogen and oxygen atoms in total. The maximum Gasteiger partial charge on any atom is 0.00684 e. The van der Waals surface area contributed by atoms with Crippen molar-refractivity contribution in [2.24, 2.45) is 5.92 Å². The third-order valence-electron chi connectivity index (χ3n) is 3.48. The molecule has 88 valence electrons. The number of nitrogens with one attached hydrogen (secondary N) is 1. The molecule has 2 rings (SSSR count). The lowest BCUT2D eigenvalue weighted by Crippen LogP contribution is -2.26. The summed E-state index contributed by atoms with van der Waals surface area (Å²) >= 11 is 0. The van der Waals surface area contributed by atoms with Crippen LogP contribution in [0, 0.1) is 12.8 Å². The first-order valence-corrected chi connectivity index (χ1v) is 6.47. The van der Waals surface area contributed by atoms with Gasteiger partial charge in [0.05, 0.1) is 0 Å². The monoisotopic (exact) mass is 217 g/mol. The normalized spacial score (nSPS) is 17.8. The highest BCUT2D eigenvalue weighted by Gasteiger charge is 2.23. The first-order valence-electron chi connectivity index (χ1n) is 6.47. The molecule has 1 aromatic rings. The quantitative estimate of drug-likeness (QED) is 0.796. The van der Waals surface area contributed by atoms with E-state index in [2.05, 4.69) is 50.4 Å². The molecule has 0 saturated heterocycles. The first-order chi connectivity index (χ1) is 7.66. The van der Waals surface area contributed by atoms with Gasteiger partial charge < -0.3 is 5.32 Å². The molecule has 1 heteroatoms. The Morgan fingerprint density at radius 3 is 2.62 bits per heavy atom. The standard InChI is InChI=1S/C15H23N/c1-11(2)15(10-16-14-7-8-14)13-6-4-5-12(3)9-13/h4-6,9,11,14-16H,7-8,10H2,1-3H3. The minimum atomic E-state index is 0.653. The Hall–Kier alpha value is -0.820. The third kappa shape index (κ3) is 3.08. The second kappa shape index (κ2) is 5.01. The molecule has 0 radical (unpaired) electrons. The van der Waals surface area contributed by atoms with Crippen LogP contribution in [0.1, 0.15) is 43.7 Å². The minimum Gasteiger partial charge on any atom is -0.313 e. The second-order valence-electron chi connectivity index (χ2n) is 5.45. The lowest BCUT2D eigenvalue weighted by atomic mass is 9.87. The van der Waals surface area contributed by atoms with Crippen LogP contribution in [-0.2, 0) is 0 Å². The molecular formula is C15H23N. The van der Waals surface area contributed by atoms with Crippen molar-refractivity contribution >= 4 is 0 Å². The largest absolute Gasteiger partial charge is 0.313 e. The number of benzene rings is 1. The van der Waals surface area contributed by atoms with Crippen LogP contribution in [0.25, 0.3) is 0 Å². The highest BCUT2D eigenvalue weighted by atomic mass is 14.9. The van der Waals surface area contributed by atoms with Gasteiger partial charge in [0.15, 0.2) is 0 Å². The Kier molecular flexibility index (Phi) is 3.65. The van der Waals surface area contributed by atoms with Gasteiger partial charge in [-0.1, -0.05) is 43.7 Å². The van der Waals surface area contributed by atoms with Gasteiger partial charge in [-0.05, 0) is 37.2 Å². The Bertz CT molecular complexity index is 339. The average Bonchev–Trinajstić information content (AvgIpc) is 3.01. The zero-order chi connectivity index (χ0) is 11.5. The molecule has 1 unspecified atom stereocenters. The van der Waals surface area contributed by atoms with Crippen molar-refractivity contribution in [2.75, 3.05) is 6.54 Å². The molecule has 1 aliphatic rings. The topological polar surface area (TPSA) is 12.0 Å². The highest BCUT2D eigenvalue weighted by Crippen LogP contribution is 2.26. The van der Waals surface area contributed by atoms with Gasteiger partial charge in [-0.25, -0.2) is 0 Å². The Labute approximate surface area is 99.3 Å². The van der Waals surface area contributed by atoms with Gasteiger partial charge in [-0.2, -0.15) is 0 Å². The van der Waals surface area contributed by atoms with E-state index >= 15 is 0 Å². The van der Waals surface area contributed by atoms with Crippen LogP contribution in [-0.4, -0.2) is 12.6 Å². The Morgan fingerprint density at radius 1 is 1.31 bits per heavy atom. The molecule has 1 aromatic carbocycles. The van der Waals surface area contributed by atoms with Crippen LogP contribution in [0.3, 0.4) is 0 Å². The van der Waals surface area contributed by atoms with Crippen LogP contribution in [0.2, 0.25) is 0 Å². The molecule has 1 N–H and O–H groups in total. The lowest BCUT2D eigenvalue weighted by molar-refractivity contribution is 0.460. The fraction of sp³-hybridized carbons (Fsp3) is 0.600. The fourth-order valence-electron chi connectivity index (χ4n) is 2.22. The molecule has 1 saturated carbocycles. The van der Waals surface area contributed by atoms with Crippen molar-refractivity contribution in [3.05, 3.63) is 35.4 Å². The van der Waals surface area contributed by atoms with E-state index in [4.69, 9.17) is 0 Å². The molecule has 1 aliphatic carbocycles. The van der Waals surface area contributed by atoms with E-state index in [0.29, 0.717) is 11.8 Å². The van der Waals surface area contributed by atoms with Gasteiger partial charge in [-0.15, -0.1) is 0 Å². The van der Waals surface area contributed by atoms with Gasteiger partial charge in [0.1, 0.15) is 0 Å². The summed E-state index contributed by atoms with van der Waals surface area (Å²) < 4.78 is 0. The number of hydrogen-bond donors (Lipinski definition) is 1. The summed E-state index contributed by atoms with van der Waals surface area (Å²) in [5, 5.41) is 3.66. The molecule has 0 bridgehead atoms. The SMILES string of the molecule is Cc1cccc(C(CNC2CC2)C(C)C)c1. The second-order valence-corrected chi connectivity index (χ2v) is 5.45. The van der Waals surface area contributed by atoms with Gasteiger partial charge in [0, 0.05) is 12.6 Å². The van der Waals surface area contributed by atoms with Gasteiger partial charge >= 0.3 is 0 Å². The maximum atomic E-state index is 3.66. The predicted molar refractivity (Wildman–Crippen MR) is 69.8 cm³/mol. The molecular weight excluding hydrogens is 194 g/mol. The Morgan fingerprint density at radius 2 is 2.06 bits per heavy atom. The van der Waals surface area contributed by atoms with Crippen molar-refractivity contribution < 1.29 is 0 Å². The van der Waals surface area contributed by atoms with Crippen molar-refractivity contribution in [1.29, 1.82) is 0 Å². The molecule has 1 atom stereocenters. The van der Waals surface area contributed by atoms with Crippen molar-refractivity contribution in [3.63, 3.8) is 0 Å². The molecule has 0 aromatic heterocycles. The molecule has 0 aliphatic heterocycles. The fourth-order valence-corrected chi connectivity index (χ4v) is 2.22. The van der Waals surface area contributed by atoms with Crippen LogP contribution in [0.5, 0.6) is 0 Å². The van der Waals surface area contributed by atoms with Gasteiger partial charge in [-0.3, -0.25) is 0 Å². The van der Waals surface area contributed by atoms with Gasteiger partial charge in [0.2, 0.25) is 0 Å². The summed E-state index contributed by atoms with van der Waals surface area (Å²) in [6.45, 7) is 7.95. The minimum absolute atomic E-state index is 0.653. The molecule has 16 heavy (non-hydrogen) atoms. The first kappa shape index (κ1) is 11.7. The van der Waals surface area contributed by atoms with Crippen LogP contribution in [0.4, 0.5) is 0 Å². The number of hydrogen-bond acceptors (Lipinski definition) is 1. The molecule has 1 fully saturated rings. The summed E-state index contributed by atoms with van der Waals surface area (Å²) in [5.41, 5.74) is 2.86. The van der Waals surface area contributed by atoms with E-state index in [-0.39, 0.29) is 0 Å². The van der Waals surface area contributed by atoms with E-state index in [1.165, 1.54) is 24.0 Å². The summed E-state index contributed by atoms with van der Waals surface area (Å²) in [7, 11) is 0. The van der Waals surface area contributed by atoms with E-state index < -0.39 is 0 Å². The van der Waals surface area contributed by atoms with Crippen molar-refractivity contribution in [2.45, 2.75) is 45.6 Å². The highest BCUT2D eigenvalue weighted by molar-refractivity contribution is 5.26. The summed E-state index contributed by atoms with van der Waals surface area (Å²) in [6.07, 6.45) is 2.75. The maximum absolute atomic E-state index is 3.66. The van der Waals surface area contributed by atoms with Crippen LogP contribution in [0.15, 0.2) is 24.3 Å². The zero-order valence-corrected chi connectivity index (χ0v) is 10.7. The van der Waals surface area contributed by atoms with Crippen molar-refractivity contribution in [1.82, 2.24) is 5.32 Å². The molecule has 0 amide bonds. The van der Waals surface area contributed by atoms with Gasteiger partial charge in [0.25, 0.3) is 0 Å². The summed E-state index contributed by atoms with van der Waals surface area (Å²) in [4.78, 5) is 0. The molecule has 0 heterocycles. The van der Waals surface area contributed by atoms with E-state index in [0.717, 1.165) is 12.6 Å². The third-order valence-corrected chi connectivity index (χ3v) is 3.48. The summed E-state index contributed by atoms with van der Waals surface area (Å²) in [6, 6.07) is 9.77. The van der Waals surface area contributed by atoms with Crippen LogP contribution < -0.4 is 5.32 Å².